The maximum atomic E-state index is 12.4. The van der Waals surface area contributed by atoms with Crippen molar-refractivity contribution in [2.75, 3.05) is 33.0 Å². The Morgan fingerprint density at radius 1 is 0.674 bits per heavy atom. The molecule has 0 spiro atoms. The largest absolute Gasteiger partial charge is 0.472 e. The van der Waals surface area contributed by atoms with Gasteiger partial charge in [0.25, 0.3) is 0 Å². The lowest BCUT2D eigenvalue weighted by atomic mass is 10.1. The summed E-state index contributed by atoms with van der Waals surface area (Å²) in [5, 5.41) is 0. The van der Waals surface area contributed by atoms with E-state index in [1.807, 2.05) is 0 Å². The Morgan fingerprint density at radius 2 is 1.22 bits per heavy atom. The van der Waals surface area contributed by atoms with E-state index >= 15 is 0 Å². The number of hydrogen-bond acceptors (Lipinski definition) is 7. The van der Waals surface area contributed by atoms with Crippen LogP contribution in [0.1, 0.15) is 117 Å². The van der Waals surface area contributed by atoms with E-state index in [4.69, 9.17) is 24.3 Å². The van der Waals surface area contributed by atoms with Crippen molar-refractivity contribution in [1.29, 1.82) is 0 Å². The maximum Gasteiger partial charge on any atom is 0.472 e. The molecule has 0 aliphatic carbocycles. The fraction of sp³-hybridized carbons (Fsp3) is 0.649. The summed E-state index contributed by atoms with van der Waals surface area (Å²) >= 11 is 0. The van der Waals surface area contributed by atoms with Gasteiger partial charge in [0.2, 0.25) is 0 Å². The number of unbranched alkanes of at least 4 members (excludes halogenated alkanes) is 7. The smallest absolute Gasteiger partial charge is 0.457 e. The zero-order valence-corrected chi connectivity index (χ0v) is 29.7. The molecule has 0 aromatic heterocycles. The number of allylic oxidation sites excluding steroid dienone is 12. The summed E-state index contributed by atoms with van der Waals surface area (Å²) < 4.78 is 33.0. The number of phosphoric acid groups is 1. The lowest BCUT2D eigenvalue weighted by molar-refractivity contribution is -0.154. The Kier molecular flexibility index (Phi) is 32.7. The molecule has 0 aliphatic rings. The van der Waals surface area contributed by atoms with E-state index < -0.39 is 13.9 Å². The molecule has 0 saturated carbocycles. The first-order valence-electron chi connectivity index (χ1n) is 17.4. The molecule has 3 N–H and O–H groups in total. The highest BCUT2D eigenvalue weighted by atomic mass is 31.2. The molecule has 0 heterocycles. The van der Waals surface area contributed by atoms with Gasteiger partial charge in [0.05, 0.1) is 19.8 Å². The van der Waals surface area contributed by atoms with Crippen molar-refractivity contribution in [2.24, 2.45) is 5.73 Å². The summed E-state index contributed by atoms with van der Waals surface area (Å²) in [6, 6.07) is 0. The Bertz CT molecular complexity index is 927. The molecule has 0 fully saturated rings. The molecule has 0 saturated heterocycles. The summed E-state index contributed by atoms with van der Waals surface area (Å²) in [4.78, 5) is 22.2. The fourth-order valence-electron chi connectivity index (χ4n) is 4.11. The van der Waals surface area contributed by atoms with Crippen LogP contribution < -0.4 is 5.73 Å². The second-order valence-corrected chi connectivity index (χ2v) is 12.5. The summed E-state index contributed by atoms with van der Waals surface area (Å²) in [5.41, 5.74) is 5.32. The highest BCUT2D eigenvalue weighted by Gasteiger charge is 2.25. The molecule has 0 amide bonds. The minimum absolute atomic E-state index is 0.0895. The average Bonchev–Trinajstić information content (AvgIpc) is 3.04. The molecule has 0 aromatic rings. The molecule has 9 heteroatoms. The van der Waals surface area contributed by atoms with Crippen LogP contribution in [-0.2, 0) is 27.9 Å². The van der Waals surface area contributed by atoms with Crippen molar-refractivity contribution in [3.05, 3.63) is 72.9 Å². The number of hydrogen-bond donors (Lipinski definition) is 2. The second-order valence-electron chi connectivity index (χ2n) is 11.0. The number of esters is 1. The van der Waals surface area contributed by atoms with Gasteiger partial charge in [0.1, 0.15) is 6.10 Å². The van der Waals surface area contributed by atoms with Crippen LogP contribution in [0, 0.1) is 0 Å². The zero-order valence-electron chi connectivity index (χ0n) is 28.8. The molecule has 2 atom stereocenters. The van der Waals surface area contributed by atoms with Crippen molar-refractivity contribution in [2.45, 2.75) is 123 Å². The monoisotopic (exact) mass is 665 g/mol. The van der Waals surface area contributed by atoms with Gasteiger partial charge >= 0.3 is 13.8 Å². The van der Waals surface area contributed by atoms with Gasteiger partial charge in [-0.3, -0.25) is 13.8 Å². The highest BCUT2D eigenvalue weighted by Crippen LogP contribution is 2.43. The van der Waals surface area contributed by atoms with Gasteiger partial charge in [-0.1, -0.05) is 119 Å². The predicted molar refractivity (Wildman–Crippen MR) is 192 cm³/mol. The number of ether oxygens (including phenoxy) is 2. The Balaban J connectivity index is 4.15. The van der Waals surface area contributed by atoms with Crippen LogP contribution >= 0.6 is 7.82 Å². The third kappa shape index (κ3) is 33.3. The van der Waals surface area contributed by atoms with E-state index in [-0.39, 0.29) is 38.8 Å². The SMILES string of the molecule is CC/C=C\C/C=C\C/C=C\C/C=C\C/C=C\C/C=C\CCCCC(=O)OC(COCCCCCCCC)COP(=O)(O)OCCN. The average molecular weight is 666 g/mol. The molecule has 8 nitrogen and oxygen atoms in total. The maximum absolute atomic E-state index is 12.4. The minimum Gasteiger partial charge on any atom is -0.457 e. The summed E-state index contributed by atoms with van der Waals surface area (Å²) in [6.45, 7) is 4.65. The van der Waals surface area contributed by atoms with Crippen LogP contribution in [0.25, 0.3) is 0 Å². The third-order valence-corrected chi connectivity index (χ3v) is 7.62. The first-order valence-corrected chi connectivity index (χ1v) is 18.9. The van der Waals surface area contributed by atoms with E-state index in [0.29, 0.717) is 13.0 Å². The zero-order chi connectivity index (χ0) is 33.8. The number of phosphoric ester groups is 1. The summed E-state index contributed by atoms with van der Waals surface area (Å²) in [5.74, 6) is -0.379. The molecule has 0 aromatic carbocycles. The van der Waals surface area contributed by atoms with Gasteiger partial charge in [-0.2, -0.15) is 0 Å². The topological polar surface area (TPSA) is 117 Å². The molecule has 0 rings (SSSR count). The van der Waals surface area contributed by atoms with E-state index in [1.165, 1.54) is 25.7 Å². The van der Waals surface area contributed by atoms with Crippen molar-refractivity contribution in [3.63, 3.8) is 0 Å². The standard InChI is InChI=1S/C37H64NO7P/c1-3-5-7-9-11-12-13-14-15-16-17-18-19-20-21-22-23-24-25-26-28-30-37(39)45-36(35-44-46(40,41)43-33-31-38)34-42-32-29-27-10-8-6-4-2/h5,7,11-12,14-15,17-18,20-21,23-24,36H,3-4,6,8-10,13,16,19,22,25-35,38H2,1-2H3,(H,40,41)/b7-5-,12-11-,15-14-,18-17-,21-20-,24-23-. The van der Waals surface area contributed by atoms with Crippen LogP contribution in [0.2, 0.25) is 0 Å². The normalized spacial score (nSPS) is 14.6. The fourth-order valence-corrected chi connectivity index (χ4v) is 4.88. The van der Waals surface area contributed by atoms with Crippen molar-refractivity contribution < 1.29 is 32.8 Å². The third-order valence-electron chi connectivity index (χ3n) is 6.64. The Hall–Kier alpha value is -2.06. The van der Waals surface area contributed by atoms with Crippen LogP contribution in [-0.4, -0.2) is 49.9 Å². The molecule has 0 aliphatic heterocycles. The van der Waals surface area contributed by atoms with Crippen LogP contribution in [0.15, 0.2) is 72.9 Å². The van der Waals surface area contributed by atoms with Crippen molar-refractivity contribution in [1.82, 2.24) is 0 Å². The van der Waals surface area contributed by atoms with Gasteiger partial charge in [-0.05, 0) is 64.2 Å². The Morgan fingerprint density at radius 3 is 1.78 bits per heavy atom. The van der Waals surface area contributed by atoms with E-state index in [1.54, 1.807) is 0 Å². The molecule has 46 heavy (non-hydrogen) atoms. The molecule has 0 radical (unpaired) electrons. The van der Waals surface area contributed by atoms with Crippen LogP contribution in [0.3, 0.4) is 0 Å². The van der Waals surface area contributed by atoms with Crippen LogP contribution in [0.5, 0.6) is 0 Å². The summed E-state index contributed by atoms with van der Waals surface area (Å²) in [6.07, 6.45) is 40.8. The molecule has 264 valence electrons. The molecule has 2 unspecified atom stereocenters. The van der Waals surface area contributed by atoms with Gasteiger partial charge in [-0.15, -0.1) is 0 Å². The van der Waals surface area contributed by atoms with E-state index in [2.05, 4.69) is 86.8 Å². The number of carbonyl (C=O) groups excluding carboxylic acids is 1. The number of nitrogens with two attached hydrogens (primary N) is 1. The lowest BCUT2D eigenvalue weighted by Gasteiger charge is -2.20. The molecular weight excluding hydrogens is 601 g/mol. The van der Waals surface area contributed by atoms with Gasteiger partial charge < -0.3 is 20.1 Å². The Labute approximate surface area is 280 Å². The lowest BCUT2D eigenvalue weighted by Crippen LogP contribution is -2.28. The van der Waals surface area contributed by atoms with Crippen molar-refractivity contribution >= 4 is 13.8 Å². The number of rotatable bonds is 32. The first-order chi connectivity index (χ1) is 22.4. The van der Waals surface area contributed by atoms with Gasteiger partial charge in [-0.25, -0.2) is 4.57 Å². The second kappa shape index (κ2) is 34.3. The highest BCUT2D eigenvalue weighted by molar-refractivity contribution is 7.47. The summed E-state index contributed by atoms with van der Waals surface area (Å²) in [7, 11) is -4.27. The minimum atomic E-state index is -4.27. The van der Waals surface area contributed by atoms with Crippen molar-refractivity contribution in [3.8, 4) is 0 Å². The van der Waals surface area contributed by atoms with E-state index in [0.717, 1.165) is 64.2 Å². The molecule has 0 bridgehead atoms. The van der Waals surface area contributed by atoms with Gasteiger partial charge in [0.15, 0.2) is 0 Å². The van der Waals surface area contributed by atoms with Crippen LogP contribution in [0.4, 0.5) is 0 Å². The van der Waals surface area contributed by atoms with Gasteiger partial charge in [0, 0.05) is 19.6 Å². The predicted octanol–water partition coefficient (Wildman–Crippen LogP) is 9.63. The number of carbonyl (C=O) groups is 1. The quantitative estimate of drug-likeness (QED) is 0.0316. The molecular formula is C37H64NO7P. The first kappa shape index (κ1) is 43.9. The van der Waals surface area contributed by atoms with E-state index in [9.17, 15) is 14.3 Å².